The van der Waals surface area contributed by atoms with Gasteiger partial charge in [-0.1, -0.05) is 36.1 Å². The van der Waals surface area contributed by atoms with Crippen LogP contribution in [-0.2, 0) is 0 Å². The van der Waals surface area contributed by atoms with Crippen LogP contribution in [0.1, 0.15) is 33.4 Å². The van der Waals surface area contributed by atoms with Gasteiger partial charge in [0.05, 0.1) is 0 Å². The number of hydrogen-bond donors (Lipinski definition) is 0. The van der Waals surface area contributed by atoms with Crippen LogP contribution in [0.15, 0.2) is 36.4 Å². The lowest BCUT2D eigenvalue weighted by molar-refractivity contribution is 1.37. The maximum absolute atomic E-state index is 3.13. The van der Waals surface area contributed by atoms with Gasteiger partial charge in [0.25, 0.3) is 0 Å². The molecule has 20 heavy (non-hydrogen) atoms. The first-order valence-corrected chi connectivity index (χ1v) is 6.73. The summed E-state index contributed by atoms with van der Waals surface area (Å²) in [5.41, 5.74) is 6.94. The summed E-state index contributed by atoms with van der Waals surface area (Å²) in [6, 6.07) is 12.6. The Labute approximate surface area is 121 Å². The highest BCUT2D eigenvalue weighted by Crippen LogP contribution is 2.09. The Morgan fingerprint density at radius 3 is 1.40 bits per heavy atom. The third kappa shape index (κ3) is 3.53. The first-order valence-electron chi connectivity index (χ1n) is 6.73. The van der Waals surface area contributed by atoms with E-state index in [0.29, 0.717) is 0 Å². The Morgan fingerprint density at radius 1 is 0.600 bits per heavy atom. The number of rotatable bonds is 0. The van der Waals surface area contributed by atoms with Gasteiger partial charge in [-0.3, -0.25) is 0 Å². The van der Waals surface area contributed by atoms with E-state index in [9.17, 15) is 0 Å². The average molecular weight is 258 g/mol. The third-order valence-electron chi connectivity index (χ3n) is 3.24. The Kier molecular flexibility index (Phi) is 4.29. The van der Waals surface area contributed by atoms with E-state index < -0.39 is 0 Å². The predicted molar refractivity (Wildman–Crippen MR) is 85.6 cm³/mol. The van der Waals surface area contributed by atoms with Crippen LogP contribution in [0.3, 0.4) is 0 Å². The van der Waals surface area contributed by atoms with Crippen molar-refractivity contribution in [2.24, 2.45) is 0 Å². The molecule has 0 aliphatic rings. The molecule has 98 valence electrons. The van der Waals surface area contributed by atoms with Gasteiger partial charge in [0.15, 0.2) is 0 Å². The molecule has 2 aromatic rings. The minimum atomic E-state index is 1.06. The fraction of sp³-hybridized carbons (Fsp3) is 0.200. The quantitative estimate of drug-likeness (QED) is 0.617. The SMILES string of the molecule is Cc1ccc(C)c(C#CC#Cc2cc(C)ccc2C)c1. The van der Waals surface area contributed by atoms with E-state index in [1.165, 1.54) is 22.3 Å². The van der Waals surface area contributed by atoms with Crippen molar-refractivity contribution in [3.8, 4) is 23.7 Å². The molecule has 0 nitrogen and oxygen atoms in total. The highest BCUT2D eigenvalue weighted by Gasteiger charge is 1.94. The van der Waals surface area contributed by atoms with Crippen molar-refractivity contribution < 1.29 is 0 Å². The molecule has 0 unspecified atom stereocenters. The molecule has 0 heteroatoms. The lowest BCUT2D eigenvalue weighted by atomic mass is 10.1. The van der Waals surface area contributed by atoms with Crippen molar-refractivity contribution in [2.45, 2.75) is 27.7 Å². The molecule has 2 aromatic carbocycles. The van der Waals surface area contributed by atoms with Crippen LogP contribution in [-0.4, -0.2) is 0 Å². The van der Waals surface area contributed by atoms with Crippen LogP contribution in [0.4, 0.5) is 0 Å². The lowest BCUT2D eigenvalue weighted by Crippen LogP contribution is -1.84. The van der Waals surface area contributed by atoms with E-state index in [1.807, 2.05) is 0 Å². The van der Waals surface area contributed by atoms with Gasteiger partial charge in [-0.15, -0.1) is 0 Å². The van der Waals surface area contributed by atoms with Crippen LogP contribution in [0, 0.1) is 51.4 Å². The summed E-state index contributed by atoms with van der Waals surface area (Å²) in [6.45, 7) is 8.29. The molecule has 0 heterocycles. The van der Waals surface area contributed by atoms with E-state index >= 15 is 0 Å². The number of hydrogen-bond acceptors (Lipinski definition) is 0. The molecule has 0 spiro atoms. The van der Waals surface area contributed by atoms with Gasteiger partial charge in [0, 0.05) is 11.1 Å². The summed E-state index contributed by atoms with van der Waals surface area (Å²) < 4.78 is 0. The molecular formula is C20H18. The first-order chi connectivity index (χ1) is 9.56. The van der Waals surface area contributed by atoms with Gasteiger partial charge < -0.3 is 0 Å². The summed E-state index contributed by atoms with van der Waals surface area (Å²) in [4.78, 5) is 0. The average Bonchev–Trinajstić information content (AvgIpc) is 2.42. The van der Waals surface area contributed by atoms with Crippen LogP contribution < -0.4 is 0 Å². The van der Waals surface area contributed by atoms with Gasteiger partial charge in [-0.2, -0.15) is 0 Å². The van der Waals surface area contributed by atoms with Crippen molar-refractivity contribution in [1.29, 1.82) is 0 Å². The van der Waals surface area contributed by atoms with Crippen molar-refractivity contribution in [2.75, 3.05) is 0 Å². The highest BCUT2D eigenvalue weighted by atomic mass is 14.0. The van der Waals surface area contributed by atoms with Crippen LogP contribution in [0.2, 0.25) is 0 Å². The molecule has 0 saturated heterocycles. The molecular weight excluding hydrogens is 240 g/mol. The fourth-order valence-corrected chi connectivity index (χ4v) is 1.94. The van der Waals surface area contributed by atoms with Crippen molar-refractivity contribution in [3.63, 3.8) is 0 Å². The van der Waals surface area contributed by atoms with Crippen LogP contribution in [0.25, 0.3) is 0 Å². The monoisotopic (exact) mass is 258 g/mol. The van der Waals surface area contributed by atoms with E-state index in [0.717, 1.165) is 11.1 Å². The van der Waals surface area contributed by atoms with Crippen molar-refractivity contribution in [3.05, 3.63) is 69.8 Å². The zero-order valence-corrected chi connectivity index (χ0v) is 12.5. The molecule has 0 amide bonds. The van der Waals surface area contributed by atoms with Gasteiger partial charge in [-0.25, -0.2) is 0 Å². The molecule has 0 N–H and O–H groups in total. The van der Waals surface area contributed by atoms with Crippen LogP contribution >= 0.6 is 0 Å². The van der Waals surface area contributed by atoms with Gasteiger partial charge in [0.1, 0.15) is 0 Å². The lowest BCUT2D eigenvalue weighted by Gasteiger charge is -1.98. The summed E-state index contributed by atoms with van der Waals surface area (Å²) >= 11 is 0. The molecule has 0 radical (unpaired) electrons. The molecule has 0 bridgehead atoms. The molecule has 0 aliphatic carbocycles. The topological polar surface area (TPSA) is 0 Å². The molecule has 0 fully saturated rings. The molecule has 0 atom stereocenters. The summed E-state index contributed by atoms with van der Waals surface area (Å²) in [5.74, 6) is 12.2. The van der Waals surface area contributed by atoms with E-state index in [4.69, 9.17) is 0 Å². The second kappa shape index (κ2) is 6.14. The van der Waals surface area contributed by atoms with E-state index in [-0.39, 0.29) is 0 Å². The predicted octanol–water partition coefficient (Wildman–Crippen LogP) is 4.32. The molecule has 2 rings (SSSR count). The van der Waals surface area contributed by atoms with Gasteiger partial charge in [0.2, 0.25) is 0 Å². The van der Waals surface area contributed by atoms with Gasteiger partial charge >= 0.3 is 0 Å². The van der Waals surface area contributed by atoms with Crippen molar-refractivity contribution >= 4 is 0 Å². The molecule has 0 aliphatic heterocycles. The number of aryl methyl sites for hydroxylation is 4. The first kappa shape index (κ1) is 14.0. The maximum atomic E-state index is 3.13. The zero-order chi connectivity index (χ0) is 14.5. The Morgan fingerprint density at radius 2 is 1.00 bits per heavy atom. The number of benzene rings is 2. The third-order valence-corrected chi connectivity index (χ3v) is 3.24. The smallest absolute Gasteiger partial charge is 0.0287 e. The largest absolute Gasteiger partial charge is 0.0590 e. The minimum Gasteiger partial charge on any atom is -0.0590 e. The fourth-order valence-electron chi connectivity index (χ4n) is 1.94. The van der Waals surface area contributed by atoms with Crippen LogP contribution in [0.5, 0.6) is 0 Å². The minimum absolute atomic E-state index is 1.06. The van der Waals surface area contributed by atoms with E-state index in [1.54, 1.807) is 0 Å². The normalized spacial score (nSPS) is 9.20. The van der Waals surface area contributed by atoms with Gasteiger partial charge in [-0.05, 0) is 73.9 Å². The summed E-state index contributed by atoms with van der Waals surface area (Å²) in [7, 11) is 0. The molecule has 0 aromatic heterocycles. The highest BCUT2D eigenvalue weighted by molar-refractivity contribution is 5.49. The molecule has 0 saturated carbocycles. The van der Waals surface area contributed by atoms with Crippen molar-refractivity contribution in [1.82, 2.24) is 0 Å². The maximum Gasteiger partial charge on any atom is 0.0287 e. The van der Waals surface area contributed by atoms with E-state index in [2.05, 4.69) is 87.8 Å². The summed E-state index contributed by atoms with van der Waals surface area (Å²) in [5, 5.41) is 0. The summed E-state index contributed by atoms with van der Waals surface area (Å²) in [6.07, 6.45) is 0. The Bertz CT molecular complexity index is 689. The standard InChI is InChI=1S/C20H18/c1-15-9-11-17(3)19(13-15)7-5-6-8-20-14-16(2)10-12-18(20)4/h9-14H,1-4H3. The Hall–Kier alpha value is -2.44. The second-order valence-electron chi connectivity index (χ2n) is 5.14. The Balaban J connectivity index is 2.26. The second-order valence-corrected chi connectivity index (χ2v) is 5.14. The zero-order valence-electron chi connectivity index (χ0n) is 12.5.